The Kier molecular flexibility index (Phi) is 8.99. The summed E-state index contributed by atoms with van der Waals surface area (Å²) >= 11 is 1.54. The Balaban J connectivity index is 2.38. The molecule has 0 radical (unpaired) electrons. The second-order valence-electron chi connectivity index (χ2n) is 5.84. The van der Waals surface area contributed by atoms with Crippen molar-refractivity contribution < 1.29 is 19.1 Å². The number of ether oxygens (including phenoxy) is 2. The number of imidazole rings is 1. The van der Waals surface area contributed by atoms with Crippen molar-refractivity contribution in [2.45, 2.75) is 32.5 Å². The molecule has 0 atom stereocenters. The van der Waals surface area contributed by atoms with Gasteiger partial charge in [0.15, 0.2) is 5.16 Å². The highest BCUT2D eigenvalue weighted by Crippen LogP contribution is 2.22. The smallest absolute Gasteiger partial charge is 0.340 e. The van der Waals surface area contributed by atoms with E-state index in [1.807, 2.05) is 23.6 Å². The number of nitrogens with zero attached hydrogens (tertiary/aromatic N) is 5. The van der Waals surface area contributed by atoms with Gasteiger partial charge in [-0.1, -0.05) is 35.9 Å². The molecule has 0 saturated heterocycles. The summed E-state index contributed by atoms with van der Waals surface area (Å²) in [6.45, 7) is 6.37. The molecule has 0 N–H and O–H groups in total. The number of azide groups is 1. The summed E-state index contributed by atoms with van der Waals surface area (Å²) in [6, 6.07) is 7.08. The van der Waals surface area contributed by atoms with E-state index in [0.717, 1.165) is 16.5 Å². The van der Waals surface area contributed by atoms with Gasteiger partial charge in [-0.05, 0) is 48.9 Å². The number of hydrogen-bond donors (Lipinski definition) is 0. The molecule has 158 valence electrons. The van der Waals surface area contributed by atoms with Gasteiger partial charge in [0, 0.05) is 4.91 Å². The lowest BCUT2D eigenvalue weighted by Crippen LogP contribution is -2.08. The third-order valence-corrected chi connectivity index (χ3v) is 4.72. The number of hydrogen-bond acceptors (Lipinski definition) is 7. The molecule has 0 aliphatic heterocycles. The fraction of sp³-hybridized carbons (Fsp3) is 0.350. The molecule has 1 aromatic carbocycles. The average molecular weight is 430 g/mol. The largest absolute Gasteiger partial charge is 0.462 e. The quantitative estimate of drug-likeness (QED) is 0.138. The third kappa shape index (κ3) is 6.13. The maximum Gasteiger partial charge on any atom is 0.340 e. The highest BCUT2D eigenvalue weighted by Gasteiger charge is 2.14. The Hall–Kier alpha value is -3.23. The van der Waals surface area contributed by atoms with Gasteiger partial charge in [0.1, 0.15) is 5.70 Å². The Morgan fingerprint density at radius 3 is 2.50 bits per heavy atom. The van der Waals surface area contributed by atoms with Crippen molar-refractivity contribution in [2.75, 3.05) is 19.0 Å². The summed E-state index contributed by atoms with van der Waals surface area (Å²) in [4.78, 5) is 31.0. The predicted molar refractivity (Wildman–Crippen MR) is 114 cm³/mol. The van der Waals surface area contributed by atoms with Crippen LogP contribution < -0.4 is 0 Å². The van der Waals surface area contributed by atoms with Gasteiger partial charge >= 0.3 is 11.9 Å². The molecule has 0 spiro atoms. The standard InChI is InChI=1S/C20H23N5O4S/c1-4-28-18(26)15-9-7-14(8-10-15)13-25-16(12-22-20(25)30-6-3)11-17(23-24-21)19(27)29-5-2/h7-12H,4-6,13H2,1-3H3/b17-11+. The van der Waals surface area contributed by atoms with E-state index in [4.69, 9.17) is 15.0 Å². The Labute approximate surface area is 178 Å². The zero-order valence-electron chi connectivity index (χ0n) is 17.1. The zero-order chi connectivity index (χ0) is 21.9. The lowest BCUT2D eigenvalue weighted by molar-refractivity contribution is -0.138. The van der Waals surface area contributed by atoms with E-state index in [2.05, 4.69) is 15.0 Å². The molecule has 10 heteroatoms. The molecule has 0 amide bonds. The van der Waals surface area contributed by atoms with Crippen LogP contribution in [0.1, 0.15) is 42.4 Å². The van der Waals surface area contributed by atoms with E-state index in [1.54, 1.807) is 43.9 Å². The Morgan fingerprint density at radius 2 is 1.90 bits per heavy atom. The van der Waals surface area contributed by atoms with E-state index in [1.165, 1.54) is 6.08 Å². The van der Waals surface area contributed by atoms with Crippen molar-refractivity contribution in [2.24, 2.45) is 5.11 Å². The highest BCUT2D eigenvalue weighted by molar-refractivity contribution is 7.99. The van der Waals surface area contributed by atoms with Crippen molar-refractivity contribution in [1.82, 2.24) is 9.55 Å². The van der Waals surface area contributed by atoms with Crippen LogP contribution in [0.5, 0.6) is 0 Å². The van der Waals surface area contributed by atoms with Gasteiger partial charge in [-0.25, -0.2) is 14.6 Å². The number of carbonyl (C=O) groups excluding carboxylic acids is 2. The molecule has 1 aromatic heterocycles. The first-order chi connectivity index (χ1) is 14.5. The minimum Gasteiger partial charge on any atom is -0.462 e. The minimum atomic E-state index is -0.702. The molecule has 9 nitrogen and oxygen atoms in total. The van der Waals surface area contributed by atoms with Crippen molar-refractivity contribution in [3.8, 4) is 0 Å². The molecule has 2 aromatic rings. The number of thioether (sulfide) groups is 1. The predicted octanol–water partition coefficient (Wildman–Crippen LogP) is 4.43. The molecule has 2 rings (SSSR count). The summed E-state index contributed by atoms with van der Waals surface area (Å²) in [5.41, 5.74) is 10.6. The van der Waals surface area contributed by atoms with Gasteiger partial charge in [-0.3, -0.25) is 0 Å². The van der Waals surface area contributed by atoms with Gasteiger partial charge < -0.3 is 14.0 Å². The summed E-state index contributed by atoms with van der Waals surface area (Å²) in [5.74, 6) is -0.263. The van der Waals surface area contributed by atoms with Gasteiger partial charge in [0.05, 0.1) is 37.2 Å². The van der Waals surface area contributed by atoms with Crippen LogP contribution in [0.3, 0.4) is 0 Å². The summed E-state index contributed by atoms with van der Waals surface area (Å²) in [6.07, 6.45) is 3.06. The molecular weight excluding hydrogens is 406 g/mol. The van der Waals surface area contributed by atoms with E-state index in [-0.39, 0.29) is 18.3 Å². The Bertz CT molecular complexity index is 962. The first-order valence-corrected chi connectivity index (χ1v) is 10.4. The SMILES string of the molecule is CCOC(=O)/C(=C\c1cnc(SCC)n1Cc1ccc(C(=O)OCC)cc1)N=[N+]=[N-]. The van der Waals surface area contributed by atoms with Gasteiger partial charge in [0.25, 0.3) is 0 Å². The molecular formula is C20H23N5O4S. The molecule has 0 bridgehead atoms. The minimum absolute atomic E-state index is 0.147. The van der Waals surface area contributed by atoms with E-state index >= 15 is 0 Å². The maximum atomic E-state index is 12.1. The van der Waals surface area contributed by atoms with Gasteiger partial charge in [0.2, 0.25) is 0 Å². The lowest BCUT2D eigenvalue weighted by Gasteiger charge is -2.11. The number of carbonyl (C=O) groups is 2. The van der Waals surface area contributed by atoms with Crippen LogP contribution in [-0.2, 0) is 20.8 Å². The van der Waals surface area contributed by atoms with Crippen LogP contribution in [0.4, 0.5) is 0 Å². The van der Waals surface area contributed by atoms with Crippen molar-refractivity contribution in [3.63, 3.8) is 0 Å². The summed E-state index contributed by atoms with van der Waals surface area (Å²) in [5, 5.41) is 4.21. The highest BCUT2D eigenvalue weighted by atomic mass is 32.2. The number of aromatic nitrogens is 2. The number of esters is 2. The fourth-order valence-electron chi connectivity index (χ4n) is 2.55. The first-order valence-electron chi connectivity index (χ1n) is 9.42. The van der Waals surface area contributed by atoms with Crippen LogP contribution in [0.2, 0.25) is 0 Å². The molecule has 0 aliphatic rings. The van der Waals surface area contributed by atoms with Crippen molar-refractivity contribution >= 4 is 29.8 Å². The van der Waals surface area contributed by atoms with Crippen LogP contribution in [0, 0.1) is 0 Å². The third-order valence-electron chi connectivity index (χ3n) is 3.85. The van der Waals surface area contributed by atoms with Crippen LogP contribution in [0.25, 0.3) is 16.5 Å². The maximum absolute atomic E-state index is 12.1. The summed E-state index contributed by atoms with van der Waals surface area (Å²) in [7, 11) is 0. The number of rotatable bonds is 10. The van der Waals surface area contributed by atoms with Crippen LogP contribution in [-0.4, -0.2) is 40.5 Å². The zero-order valence-corrected chi connectivity index (χ0v) is 17.9. The molecule has 30 heavy (non-hydrogen) atoms. The molecule has 0 unspecified atom stereocenters. The van der Waals surface area contributed by atoms with E-state index < -0.39 is 5.97 Å². The van der Waals surface area contributed by atoms with Crippen LogP contribution in [0.15, 0.2) is 46.4 Å². The van der Waals surface area contributed by atoms with Crippen molar-refractivity contribution in [1.29, 1.82) is 0 Å². The van der Waals surface area contributed by atoms with E-state index in [9.17, 15) is 9.59 Å². The first kappa shape index (κ1) is 23.1. The second-order valence-corrected chi connectivity index (χ2v) is 7.07. The lowest BCUT2D eigenvalue weighted by atomic mass is 10.1. The fourth-order valence-corrected chi connectivity index (χ4v) is 3.27. The second kappa shape index (κ2) is 11.7. The monoisotopic (exact) mass is 429 g/mol. The Morgan fingerprint density at radius 1 is 1.20 bits per heavy atom. The molecule has 0 fully saturated rings. The van der Waals surface area contributed by atoms with Gasteiger partial charge in [-0.2, -0.15) is 0 Å². The normalized spacial score (nSPS) is 11.0. The topological polar surface area (TPSA) is 119 Å². The van der Waals surface area contributed by atoms with Crippen molar-refractivity contribution in [3.05, 3.63) is 63.4 Å². The number of benzene rings is 1. The average Bonchev–Trinajstić information content (AvgIpc) is 3.10. The summed E-state index contributed by atoms with van der Waals surface area (Å²) < 4.78 is 11.9. The van der Waals surface area contributed by atoms with E-state index in [0.29, 0.717) is 24.4 Å². The molecule has 0 saturated carbocycles. The van der Waals surface area contributed by atoms with Crippen LogP contribution >= 0.6 is 11.8 Å². The molecule has 1 heterocycles. The van der Waals surface area contributed by atoms with Gasteiger partial charge in [-0.15, -0.1) is 0 Å². The molecule has 0 aliphatic carbocycles.